The standard InChI is InChI=1S/C14H13N3O3/c1-7-10-11(15-13(18)12(10)17-16-7)8-3-5-9(6-4-8)14(19)20-2/h3-6,11H,1-2H3,(H,15,18)(H,16,17)/t11-/m0/s1. The maximum Gasteiger partial charge on any atom is 0.337 e. The first-order chi connectivity index (χ1) is 9.61. The molecule has 0 fully saturated rings. The molecule has 0 bridgehead atoms. The van der Waals surface area contributed by atoms with Gasteiger partial charge >= 0.3 is 5.97 Å². The van der Waals surface area contributed by atoms with Crippen LogP contribution in [0.4, 0.5) is 0 Å². The van der Waals surface area contributed by atoms with Gasteiger partial charge in [-0.2, -0.15) is 5.10 Å². The molecule has 0 unspecified atom stereocenters. The molecule has 0 saturated heterocycles. The molecule has 3 rings (SSSR count). The van der Waals surface area contributed by atoms with E-state index in [-0.39, 0.29) is 17.9 Å². The Balaban J connectivity index is 1.97. The molecule has 2 heterocycles. The fraction of sp³-hybridized carbons (Fsp3) is 0.214. The lowest BCUT2D eigenvalue weighted by Gasteiger charge is -2.12. The molecular weight excluding hydrogens is 258 g/mol. The number of esters is 1. The van der Waals surface area contributed by atoms with E-state index in [1.165, 1.54) is 7.11 Å². The van der Waals surface area contributed by atoms with Crippen LogP contribution in [-0.4, -0.2) is 29.2 Å². The molecule has 102 valence electrons. The summed E-state index contributed by atoms with van der Waals surface area (Å²) in [6.07, 6.45) is 0. The van der Waals surface area contributed by atoms with Crippen molar-refractivity contribution < 1.29 is 14.3 Å². The highest BCUT2D eigenvalue weighted by molar-refractivity contribution is 5.98. The van der Waals surface area contributed by atoms with E-state index in [0.29, 0.717) is 11.3 Å². The van der Waals surface area contributed by atoms with Crippen LogP contribution in [0.5, 0.6) is 0 Å². The summed E-state index contributed by atoms with van der Waals surface area (Å²) in [5, 5.41) is 9.71. The van der Waals surface area contributed by atoms with Gasteiger partial charge in [0.05, 0.1) is 18.7 Å². The Morgan fingerprint density at radius 1 is 1.30 bits per heavy atom. The largest absolute Gasteiger partial charge is 0.465 e. The average molecular weight is 271 g/mol. The van der Waals surface area contributed by atoms with Crippen molar-refractivity contribution in [2.45, 2.75) is 13.0 Å². The zero-order valence-electron chi connectivity index (χ0n) is 11.1. The molecule has 1 amide bonds. The Kier molecular flexibility index (Phi) is 2.78. The molecule has 1 aliphatic heterocycles. The van der Waals surface area contributed by atoms with Crippen LogP contribution >= 0.6 is 0 Å². The van der Waals surface area contributed by atoms with E-state index in [4.69, 9.17) is 0 Å². The summed E-state index contributed by atoms with van der Waals surface area (Å²) in [7, 11) is 1.34. The van der Waals surface area contributed by atoms with Crippen LogP contribution in [-0.2, 0) is 4.74 Å². The molecule has 20 heavy (non-hydrogen) atoms. The fourth-order valence-electron chi connectivity index (χ4n) is 2.42. The third-order valence-electron chi connectivity index (χ3n) is 3.44. The SMILES string of the molecule is COC(=O)c1ccc([C@@H]2NC(=O)c3n[nH]c(C)c32)cc1. The van der Waals surface area contributed by atoms with Gasteiger partial charge in [-0.05, 0) is 24.6 Å². The smallest absolute Gasteiger partial charge is 0.337 e. The van der Waals surface area contributed by atoms with Crippen LogP contribution in [0, 0.1) is 6.92 Å². The Hall–Kier alpha value is -2.63. The Morgan fingerprint density at radius 3 is 2.65 bits per heavy atom. The number of carbonyl (C=O) groups excluding carboxylic acids is 2. The fourth-order valence-corrected chi connectivity index (χ4v) is 2.42. The Bertz CT molecular complexity index is 688. The molecule has 2 aromatic rings. The van der Waals surface area contributed by atoms with Gasteiger partial charge in [-0.1, -0.05) is 12.1 Å². The van der Waals surface area contributed by atoms with E-state index >= 15 is 0 Å². The lowest BCUT2D eigenvalue weighted by atomic mass is 9.99. The predicted octanol–water partition coefficient (Wildman–Crippen LogP) is 1.34. The quantitative estimate of drug-likeness (QED) is 0.807. The van der Waals surface area contributed by atoms with Gasteiger partial charge in [0, 0.05) is 11.3 Å². The normalized spacial score (nSPS) is 16.7. The van der Waals surface area contributed by atoms with Crippen molar-refractivity contribution in [3.63, 3.8) is 0 Å². The second kappa shape index (κ2) is 4.48. The highest BCUT2D eigenvalue weighted by Crippen LogP contribution is 2.31. The second-order valence-electron chi connectivity index (χ2n) is 4.63. The molecule has 0 aliphatic carbocycles. The van der Waals surface area contributed by atoms with Crippen molar-refractivity contribution in [3.8, 4) is 0 Å². The van der Waals surface area contributed by atoms with Crippen LogP contribution in [0.2, 0.25) is 0 Å². The van der Waals surface area contributed by atoms with E-state index in [9.17, 15) is 9.59 Å². The van der Waals surface area contributed by atoms with Crippen LogP contribution < -0.4 is 5.32 Å². The number of rotatable bonds is 2. The van der Waals surface area contributed by atoms with E-state index in [1.54, 1.807) is 24.3 Å². The maximum absolute atomic E-state index is 11.8. The van der Waals surface area contributed by atoms with Crippen LogP contribution in [0.1, 0.15) is 43.7 Å². The van der Waals surface area contributed by atoms with Crippen LogP contribution in [0.3, 0.4) is 0 Å². The number of methoxy groups -OCH3 is 1. The second-order valence-corrected chi connectivity index (χ2v) is 4.63. The van der Waals surface area contributed by atoms with Gasteiger partial charge in [-0.15, -0.1) is 0 Å². The zero-order chi connectivity index (χ0) is 14.3. The minimum Gasteiger partial charge on any atom is -0.465 e. The van der Waals surface area contributed by atoms with Crippen molar-refractivity contribution in [1.29, 1.82) is 0 Å². The van der Waals surface area contributed by atoms with Gasteiger partial charge < -0.3 is 10.1 Å². The number of fused-ring (bicyclic) bond motifs is 1. The van der Waals surface area contributed by atoms with Crippen LogP contribution in [0.25, 0.3) is 0 Å². The van der Waals surface area contributed by atoms with Gasteiger partial charge in [0.2, 0.25) is 0 Å². The summed E-state index contributed by atoms with van der Waals surface area (Å²) >= 11 is 0. The molecule has 1 aromatic carbocycles. The first-order valence-corrected chi connectivity index (χ1v) is 6.16. The summed E-state index contributed by atoms with van der Waals surface area (Å²) in [6, 6.07) is 6.74. The highest BCUT2D eigenvalue weighted by atomic mass is 16.5. The van der Waals surface area contributed by atoms with E-state index in [0.717, 1.165) is 16.8 Å². The van der Waals surface area contributed by atoms with Gasteiger partial charge in [0.1, 0.15) is 0 Å². The Morgan fingerprint density at radius 2 is 2.00 bits per heavy atom. The topological polar surface area (TPSA) is 84.1 Å². The maximum atomic E-state index is 11.8. The number of amides is 1. The molecule has 2 N–H and O–H groups in total. The summed E-state index contributed by atoms with van der Waals surface area (Å²) in [4.78, 5) is 23.2. The number of hydrogen-bond acceptors (Lipinski definition) is 4. The monoisotopic (exact) mass is 271 g/mol. The minimum absolute atomic E-state index is 0.189. The van der Waals surface area contributed by atoms with Gasteiger partial charge in [0.15, 0.2) is 5.69 Å². The van der Waals surface area contributed by atoms with E-state index in [2.05, 4.69) is 20.3 Å². The number of nitrogens with one attached hydrogen (secondary N) is 2. The van der Waals surface area contributed by atoms with Gasteiger partial charge in [-0.3, -0.25) is 9.89 Å². The first kappa shape index (κ1) is 12.4. The summed E-state index contributed by atoms with van der Waals surface area (Å²) in [6.45, 7) is 1.88. The van der Waals surface area contributed by atoms with Gasteiger partial charge in [0.25, 0.3) is 5.91 Å². The third kappa shape index (κ3) is 1.77. The summed E-state index contributed by atoms with van der Waals surface area (Å²) < 4.78 is 4.66. The molecular formula is C14H13N3O3. The number of aromatic amines is 1. The predicted molar refractivity (Wildman–Crippen MR) is 70.4 cm³/mol. The van der Waals surface area contributed by atoms with E-state index < -0.39 is 0 Å². The number of hydrogen-bond donors (Lipinski definition) is 2. The number of nitrogens with zero attached hydrogens (tertiary/aromatic N) is 1. The summed E-state index contributed by atoms with van der Waals surface area (Å²) in [5.41, 5.74) is 3.53. The molecule has 1 atom stereocenters. The van der Waals surface area contributed by atoms with Gasteiger partial charge in [-0.25, -0.2) is 4.79 Å². The van der Waals surface area contributed by atoms with Crippen molar-refractivity contribution in [2.75, 3.05) is 7.11 Å². The van der Waals surface area contributed by atoms with E-state index in [1.807, 2.05) is 6.92 Å². The molecule has 1 aliphatic rings. The molecule has 6 heteroatoms. The molecule has 0 spiro atoms. The number of ether oxygens (including phenoxy) is 1. The lowest BCUT2D eigenvalue weighted by molar-refractivity contribution is 0.0600. The van der Waals surface area contributed by atoms with Crippen LogP contribution in [0.15, 0.2) is 24.3 Å². The number of aromatic nitrogens is 2. The molecule has 0 saturated carbocycles. The number of aryl methyl sites for hydroxylation is 1. The van der Waals surface area contributed by atoms with Crippen molar-refractivity contribution in [2.24, 2.45) is 0 Å². The summed E-state index contributed by atoms with van der Waals surface area (Å²) in [5.74, 6) is -0.571. The number of H-pyrrole nitrogens is 1. The first-order valence-electron chi connectivity index (χ1n) is 6.16. The minimum atomic E-state index is -0.382. The third-order valence-corrected chi connectivity index (χ3v) is 3.44. The number of carbonyl (C=O) groups is 2. The average Bonchev–Trinajstić information content (AvgIpc) is 3.00. The highest BCUT2D eigenvalue weighted by Gasteiger charge is 2.34. The molecule has 1 aromatic heterocycles. The molecule has 6 nitrogen and oxygen atoms in total. The van der Waals surface area contributed by atoms with Crippen molar-refractivity contribution >= 4 is 11.9 Å². The Labute approximate surface area is 115 Å². The number of benzene rings is 1. The zero-order valence-corrected chi connectivity index (χ0v) is 11.1. The lowest BCUT2D eigenvalue weighted by Crippen LogP contribution is -2.21. The molecule has 0 radical (unpaired) electrons. The van der Waals surface area contributed by atoms with Crippen molar-refractivity contribution in [1.82, 2.24) is 15.5 Å². The van der Waals surface area contributed by atoms with Crippen molar-refractivity contribution in [3.05, 3.63) is 52.3 Å².